The minimum atomic E-state index is -1.11. The number of hydrogen-bond acceptors (Lipinski definition) is 6. The first-order chi connectivity index (χ1) is 13.2. The van der Waals surface area contributed by atoms with Crippen molar-refractivity contribution in [3.8, 4) is 17.6 Å². The van der Waals surface area contributed by atoms with Crippen LogP contribution in [0.25, 0.3) is 16.3 Å². The monoisotopic (exact) mass is 383 g/mol. The summed E-state index contributed by atoms with van der Waals surface area (Å²) in [5, 5.41) is 13.0. The van der Waals surface area contributed by atoms with Crippen molar-refractivity contribution in [1.29, 1.82) is 0 Å². The summed E-state index contributed by atoms with van der Waals surface area (Å²) in [6, 6.07) is 9.21. The lowest BCUT2D eigenvalue weighted by atomic mass is 10.3. The van der Waals surface area contributed by atoms with Gasteiger partial charge in [0.15, 0.2) is 0 Å². The Hall–Kier alpha value is -2.95. The maximum absolute atomic E-state index is 12.3. The van der Waals surface area contributed by atoms with Crippen molar-refractivity contribution in [2.75, 3.05) is 25.6 Å². The number of benzene rings is 1. The van der Waals surface area contributed by atoms with Crippen LogP contribution in [-0.2, 0) is 0 Å². The summed E-state index contributed by atoms with van der Waals surface area (Å²) in [5.74, 6) is 7.34. The molecule has 138 valence electrons. The van der Waals surface area contributed by atoms with Gasteiger partial charge in [-0.2, -0.15) is 0 Å². The third kappa shape index (κ3) is 5.26. The average Bonchev–Trinajstić information content (AvgIpc) is 3.11. The van der Waals surface area contributed by atoms with Gasteiger partial charge in [-0.3, -0.25) is 0 Å². The number of thiazole rings is 1. The highest BCUT2D eigenvalue weighted by atomic mass is 32.1. The number of nitrogens with zero attached hydrogens (tertiary/aromatic N) is 2. The van der Waals surface area contributed by atoms with E-state index in [1.54, 1.807) is 24.4 Å². The maximum Gasteiger partial charge on any atom is 0.125 e. The molecule has 0 aliphatic carbocycles. The topological polar surface area (TPSA) is 67.3 Å². The highest BCUT2D eigenvalue weighted by Crippen LogP contribution is 2.26. The molecule has 0 saturated heterocycles. The van der Waals surface area contributed by atoms with E-state index in [0.717, 1.165) is 26.6 Å². The van der Waals surface area contributed by atoms with E-state index in [-0.39, 0.29) is 6.61 Å². The Labute approximate surface area is 160 Å². The Morgan fingerprint density at radius 1 is 1.37 bits per heavy atom. The fraction of sp³-hybridized carbons (Fsp3) is 0.200. The summed E-state index contributed by atoms with van der Waals surface area (Å²) in [6.45, 7) is -0.913. The van der Waals surface area contributed by atoms with Gasteiger partial charge >= 0.3 is 0 Å². The molecule has 1 unspecified atom stereocenters. The van der Waals surface area contributed by atoms with E-state index in [2.05, 4.69) is 27.1 Å². The third-order valence-electron chi connectivity index (χ3n) is 3.54. The number of aromatic nitrogens is 2. The van der Waals surface area contributed by atoms with Gasteiger partial charge in [-0.1, -0.05) is 11.8 Å². The molecule has 5 nitrogen and oxygen atoms in total. The molecule has 0 fully saturated rings. The maximum atomic E-state index is 12.3. The minimum Gasteiger partial charge on any atom is -0.491 e. The number of allylic oxidation sites excluding steroid dienone is 1. The normalized spacial score (nSPS) is 12.0. The number of halogens is 1. The molecule has 2 aromatic heterocycles. The number of rotatable bonds is 6. The fourth-order valence-corrected chi connectivity index (χ4v) is 3.03. The van der Waals surface area contributed by atoms with Crippen molar-refractivity contribution in [2.24, 2.45) is 0 Å². The molecule has 1 atom stereocenters. The zero-order chi connectivity index (χ0) is 19.1. The summed E-state index contributed by atoms with van der Waals surface area (Å²) in [6.07, 6.45) is 4.20. The summed E-state index contributed by atoms with van der Waals surface area (Å²) < 4.78 is 18.6. The van der Waals surface area contributed by atoms with Crippen LogP contribution < -0.4 is 10.1 Å². The van der Waals surface area contributed by atoms with Gasteiger partial charge in [0.2, 0.25) is 0 Å². The van der Waals surface area contributed by atoms with Gasteiger partial charge in [0, 0.05) is 24.9 Å². The van der Waals surface area contributed by atoms with Gasteiger partial charge < -0.3 is 15.2 Å². The smallest absolute Gasteiger partial charge is 0.125 e. The summed E-state index contributed by atoms with van der Waals surface area (Å²) in [7, 11) is 1.82. The van der Waals surface area contributed by atoms with E-state index >= 15 is 0 Å². The molecular formula is C20H18FN3O2S. The Morgan fingerprint density at radius 2 is 2.26 bits per heavy atom. The van der Waals surface area contributed by atoms with Crippen molar-refractivity contribution >= 4 is 33.4 Å². The molecule has 0 bridgehead atoms. The quantitative estimate of drug-likeness (QED) is 0.638. The lowest BCUT2D eigenvalue weighted by Gasteiger charge is -2.08. The molecule has 0 radical (unpaired) electrons. The van der Waals surface area contributed by atoms with Gasteiger partial charge in [0.1, 0.15) is 36.0 Å². The summed E-state index contributed by atoms with van der Waals surface area (Å²) >= 11 is 1.53. The zero-order valence-corrected chi connectivity index (χ0v) is 15.5. The number of nitrogens with one attached hydrogen (secondary N) is 1. The summed E-state index contributed by atoms with van der Waals surface area (Å²) in [5.41, 5.74) is 1.62. The van der Waals surface area contributed by atoms with Crippen LogP contribution in [0.4, 0.5) is 10.2 Å². The Bertz CT molecular complexity index is 990. The van der Waals surface area contributed by atoms with Crippen molar-refractivity contribution < 1.29 is 14.2 Å². The van der Waals surface area contributed by atoms with Crippen LogP contribution >= 0.6 is 11.3 Å². The lowest BCUT2D eigenvalue weighted by Crippen LogP contribution is -2.19. The average molecular weight is 383 g/mol. The lowest BCUT2D eigenvalue weighted by molar-refractivity contribution is 0.0842. The van der Waals surface area contributed by atoms with Crippen LogP contribution in [0.2, 0.25) is 0 Å². The van der Waals surface area contributed by atoms with Crippen LogP contribution in [-0.4, -0.2) is 41.5 Å². The molecule has 3 aromatic rings. The SMILES string of the molecule is CNc1ccc(C#C/C=C/c2nc3cc(OCC(O)CF)ccc3s2)cn1. The fourth-order valence-electron chi connectivity index (χ4n) is 2.18. The Kier molecular flexibility index (Phi) is 6.36. The standard InChI is InChI=1S/C20H18FN3O2S/c1-22-19-9-6-14(12-23-19)4-2-3-5-20-24-17-10-16(7-8-18(17)27-20)26-13-15(25)11-21/h3,5-10,12,15,25H,11,13H2,1H3,(H,22,23)/b5-3+. The first kappa shape index (κ1) is 18.8. The Morgan fingerprint density at radius 3 is 3.00 bits per heavy atom. The van der Waals surface area contributed by atoms with Crippen LogP contribution in [0.15, 0.2) is 42.6 Å². The van der Waals surface area contributed by atoms with Crippen LogP contribution in [0, 0.1) is 11.8 Å². The highest BCUT2D eigenvalue weighted by molar-refractivity contribution is 7.19. The summed E-state index contributed by atoms with van der Waals surface area (Å²) in [4.78, 5) is 8.72. The van der Waals surface area contributed by atoms with Crippen LogP contribution in [0.5, 0.6) is 5.75 Å². The van der Waals surface area contributed by atoms with E-state index in [4.69, 9.17) is 4.74 Å². The predicted molar refractivity (Wildman–Crippen MR) is 107 cm³/mol. The van der Waals surface area contributed by atoms with E-state index in [1.807, 2.05) is 31.3 Å². The molecule has 0 saturated carbocycles. The number of fused-ring (bicyclic) bond motifs is 1. The number of anilines is 1. The van der Waals surface area contributed by atoms with Crippen molar-refractivity contribution in [3.05, 3.63) is 53.2 Å². The molecule has 2 N–H and O–H groups in total. The molecule has 0 amide bonds. The number of pyridine rings is 1. The van der Waals surface area contributed by atoms with E-state index < -0.39 is 12.8 Å². The second kappa shape index (κ2) is 9.12. The van der Waals surface area contributed by atoms with E-state index in [9.17, 15) is 9.50 Å². The van der Waals surface area contributed by atoms with Crippen molar-refractivity contribution in [3.63, 3.8) is 0 Å². The third-order valence-corrected chi connectivity index (χ3v) is 4.54. The molecular weight excluding hydrogens is 365 g/mol. The number of aliphatic hydroxyl groups is 1. The zero-order valence-electron chi connectivity index (χ0n) is 14.6. The molecule has 0 spiro atoms. The van der Waals surface area contributed by atoms with E-state index in [0.29, 0.717) is 5.75 Å². The Balaban J connectivity index is 1.66. The number of ether oxygens (including phenoxy) is 1. The van der Waals surface area contributed by atoms with Gasteiger partial charge in [-0.15, -0.1) is 11.3 Å². The minimum absolute atomic E-state index is 0.0847. The molecule has 7 heteroatoms. The second-order valence-electron chi connectivity index (χ2n) is 5.59. The molecule has 1 aromatic carbocycles. The van der Waals surface area contributed by atoms with Crippen LogP contribution in [0.3, 0.4) is 0 Å². The van der Waals surface area contributed by atoms with Gasteiger partial charge in [0.05, 0.1) is 10.2 Å². The molecule has 0 aliphatic rings. The van der Waals surface area contributed by atoms with Crippen LogP contribution in [0.1, 0.15) is 10.6 Å². The molecule has 0 aliphatic heterocycles. The molecule has 3 rings (SSSR count). The largest absolute Gasteiger partial charge is 0.491 e. The highest BCUT2D eigenvalue weighted by Gasteiger charge is 2.06. The van der Waals surface area contributed by atoms with Crippen molar-refractivity contribution in [1.82, 2.24) is 9.97 Å². The first-order valence-electron chi connectivity index (χ1n) is 8.27. The van der Waals surface area contributed by atoms with Crippen molar-refractivity contribution in [2.45, 2.75) is 6.10 Å². The predicted octanol–water partition coefficient (Wildman–Crippen LogP) is 3.51. The molecule has 2 heterocycles. The first-order valence-corrected chi connectivity index (χ1v) is 9.09. The van der Waals surface area contributed by atoms with Gasteiger partial charge in [0.25, 0.3) is 0 Å². The number of aliphatic hydroxyl groups excluding tert-OH is 1. The van der Waals surface area contributed by atoms with E-state index in [1.165, 1.54) is 11.3 Å². The van der Waals surface area contributed by atoms with Gasteiger partial charge in [-0.25, -0.2) is 14.4 Å². The number of alkyl halides is 1. The number of hydrogen-bond donors (Lipinski definition) is 2. The second-order valence-corrected chi connectivity index (χ2v) is 6.65. The van der Waals surface area contributed by atoms with Gasteiger partial charge in [-0.05, 0) is 36.4 Å². The molecule has 27 heavy (non-hydrogen) atoms.